The number of benzene rings is 2. The van der Waals surface area contributed by atoms with Crippen LogP contribution in [0, 0.1) is 30.1 Å². The van der Waals surface area contributed by atoms with Gasteiger partial charge in [-0.2, -0.15) is 11.8 Å². The van der Waals surface area contributed by atoms with Crippen LogP contribution in [0.15, 0.2) is 60.9 Å². The zero-order valence-electron chi connectivity index (χ0n) is 25.8. The second-order valence-corrected chi connectivity index (χ2v) is 14.6. The number of aromatic nitrogens is 1. The number of carbonyl (C=O) groups excluding carboxylic acids is 1. The molecule has 1 amide bonds. The summed E-state index contributed by atoms with van der Waals surface area (Å²) in [6.07, 6.45) is 14.5. The number of aliphatic hydroxyl groups excluding tert-OH is 1. The third-order valence-electron chi connectivity index (χ3n) is 10.6. The number of carbonyl (C=O) groups is 2. The molecule has 0 aliphatic heterocycles. The van der Waals surface area contributed by atoms with Crippen LogP contribution in [-0.2, 0) is 17.6 Å². The monoisotopic (exact) mass is 620 g/mol. The van der Waals surface area contributed by atoms with Gasteiger partial charge in [-0.05, 0) is 140 Å². The van der Waals surface area contributed by atoms with Crippen molar-refractivity contribution in [3.05, 3.63) is 88.7 Å². The van der Waals surface area contributed by atoms with Crippen molar-refractivity contribution in [1.29, 1.82) is 0 Å². The topological polar surface area (TPSA) is 99.5 Å². The Morgan fingerprint density at radius 3 is 2.33 bits per heavy atom. The minimum absolute atomic E-state index is 0. The molecule has 2 unspecified atom stereocenters. The Bertz CT molecular complexity index is 1490. The fourth-order valence-electron chi connectivity index (χ4n) is 8.81. The zero-order chi connectivity index (χ0) is 30.8. The molecule has 3 N–H and O–H groups in total. The van der Waals surface area contributed by atoms with E-state index in [-0.39, 0.29) is 30.2 Å². The number of nitrogens with zero attached hydrogens (tertiary/aromatic N) is 1. The number of rotatable bonds is 12. The summed E-state index contributed by atoms with van der Waals surface area (Å²) in [6.45, 7) is 2.02. The van der Waals surface area contributed by atoms with Gasteiger partial charge in [0.05, 0.1) is 6.10 Å². The number of aliphatic hydroxyl groups is 1. The first-order chi connectivity index (χ1) is 21.3. The molecule has 1 heterocycles. The molecule has 0 spiro atoms. The summed E-state index contributed by atoms with van der Waals surface area (Å²) in [5.74, 6) is 1.56. The van der Waals surface area contributed by atoms with E-state index in [1.807, 2.05) is 68.0 Å². The van der Waals surface area contributed by atoms with Gasteiger partial charge in [0.1, 0.15) is 6.04 Å². The summed E-state index contributed by atoms with van der Waals surface area (Å²) in [7, 11) is 0. The minimum atomic E-state index is -1.02. The fourth-order valence-corrected chi connectivity index (χ4v) is 9.28. The molecule has 3 aromatic rings. The van der Waals surface area contributed by atoms with Crippen LogP contribution in [0.5, 0.6) is 0 Å². The van der Waals surface area contributed by atoms with Crippen LogP contribution in [0.4, 0.5) is 0 Å². The van der Waals surface area contributed by atoms with E-state index in [9.17, 15) is 19.8 Å². The van der Waals surface area contributed by atoms with E-state index in [4.69, 9.17) is 0 Å². The molecule has 4 saturated carbocycles. The molecule has 1 aromatic heterocycles. The number of aliphatic carboxylic acids is 1. The number of carboxylic acid groups (broad SMARTS) is 1. The van der Waals surface area contributed by atoms with E-state index >= 15 is 0 Å². The Morgan fingerprint density at radius 2 is 1.69 bits per heavy atom. The van der Waals surface area contributed by atoms with E-state index in [2.05, 4.69) is 16.4 Å². The second-order valence-electron chi connectivity index (χ2n) is 13.6. The van der Waals surface area contributed by atoms with Crippen molar-refractivity contribution < 1.29 is 19.8 Å². The Hall–Kier alpha value is -2.56. The van der Waals surface area contributed by atoms with Crippen LogP contribution in [0.1, 0.15) is 83.7 Å². The predicted molar refractivity (Wildman–Crippen MR) is 183 cm³/mol. The van der Waals surface area contributed by atoms with Crippen LogP contribution in [-0.4, -0.2) is 64.0 Å². The van der Waals surface area contributed by atoms with Crippen molar-refractivity contribution in [1.82, 2.24) is 10.3 Å². The molecular weight excluding hydrogens is 575 g/mol. The van der Waals surface area contributed by atoms with E-state index in [0.717, 1.165) is 83.2 Å². The molecule has 4 bridgehead atoms. The van der Waals surface area contributed by atoms with Crippen LogP contribution >= 0.6 is 11.8 Å². The van der Waals surface area contributed by atoms with Gasteiger partial charge >= 0.3 is 24.8 Å². The number of carboxylic acids is 1. The third kappa shape index (κ3) is 7.23. The van der Waals surface area contributed by atoms with E-state index in [0.29, 0.717) is 17.7 Å². The predicted octanol–water partition coefficient (Wildman–Crippen LogP) is 6.38. The Labute approximate surface area is 283 Å². The van der Waals surface area contributed by atoms with Gasteiger partial charge in [-0.3, -0.25) is 9.78 Å². The summed E-state index contributed by atoms with van der Waals surface area (Å²) < 4.78 is 0. The summed E-state index contributed by atoms with van der Waals surface area (Å²) in [4.78, 5) is 29.8. The Morgan fingerprint density at radius 1 is 1.00 bits per heavy atom. The molecule has 4 aliphatic rings. The quantitative estimate of drug-likeness (QED) is 0.203. The Kier molecular flexibility index (Phi) is 10.9. The number of hydrogen-bond donors (Lipinski definition) is 3. The van der Waals surface area contributed by atoms with Gasteiger partial charge in [0.25, 0.3) is 5.91 Å². The molecule has 2 atom stereocenters. The summed E-state index contributed by atoms with van der Waals surface area (Å²) in [6, 6.07) is 14.9. The van der Waals surface area contributed by atoms with Crippen molar-refractivity contribution in [2.24, 2.45) is 23.2 Å². The number of aryl methyl sites for hydroxylation is 3. The molecule has 7 rings (SSSR count). The second kappa shape index (κ2) is 14.5. The normalized spacial score (nSPS) is 24.5. The molecule has 0 saturated heterocycles. The number of hydrogen-bond acceptors (Lipinski definition) is 5. The molecule has 4 fully saturated rings. The molecule has 4 aliphatic carbocycles. The van der Waals surface area contributed by atoms with Crippen LogP contribution in [0.3, 0.4) is 0 Å². The first-order valence-corrected chi connectivity index (χ1v) is 17.5. The van der Waals surface area contributed by atoms with Crippen molar-refractivity contribution in [3.63, 3.8) is 0 Å². The number of nitrogens with one attached hydrogen (secondary N) is 1. The fraction of sp³-hybridized carbons (Fsp3) is 0.486. The third-order valence-corrected chi connectivity index (χ3v) is 11.2. The van der Waals surface area contributed by atoms with Crippen LogP contribution in [0.2, 0.25) is 0 Å². The van der Waals surface area contributed by atoms with Crippen molar-refractivity contribution >= 4 is 42.5 Å². The van der Waals surface area contributed by atoms with Gasteiger partial charge in [-0.1, -0.05) is 36.4 Å². The average molecular weight is 621 g/mol. The Balaban J connectivity index is 0.00000400. The molecule has 6 nitrogen and oxygen atoms in total. The van der Waals surface area contributed by atoms with Gasteiger partial charge < -0.3 is 15.5 Å². The van der Waals surface area contributed by atoms with Crippen molar-refractivity contribution in [2.45, 2.75) is 76.9 Å². The SMILES string of the molecule is CSCCC(NC(=O)c1ccc(CCc2cnccc2C(O)C23CC4CC(CC(C4)C2)C3)cc1-c1ccccc1C)C(=O)O.[LiH]. The number of thioether (sulfide) groups is 1. The zero-order valence-corrected chi connectivity index (χ0v) is 26.6. The van der Waals surface area contributed by atoms with Gasteiger partial charge in [0, 0.05) is 23.4 Å². The molecular formula is C37H45LiN2O4S. The van der Waals surface area contributed by atoms with E-state index in [1.165, 1.54) is 19.3 Å². The maximum atomic E-state index is 13.5. The van der Waals surface area contributed by atoms with Gasteiger partial charge in [0.15, 0.2) is 0 Å². The first-order valence-electron chi connectivity index (χ1n) is 16.1. The standard InChI is InChI=1S/C37H44N2O4S.Li.H/c1-23-5-3-4-6-29(23)32-18-24(8-10-31(32)35(41)39-33(36(42)43)12-14-44-2)7-9-28-22-38-13-11-30(28)34(40)37-19-25-15-26(20-37)17-27(16-25)21-37;;/h3-6,8,10-11,13,18,22,25-27,33-34,40H,7,9,12,14-17,19-21H2,1-2H3,(H,39,41)(H,42,43);;. The van der Waals surface area contributed by atoms with Crippen molar-refractivity contribution in [2.75, 3.05) is 12.0 Å². The van der Waals surface area contributed by atoms with Crippen LogP contribution < -0.4 is 5.32 Å². The summed E-state index contributed by atoms with van der Waals surface area (Å²) in [5, 5.41) is 24.4. The molecule has 234 valence electrons. The summed E-state index contributed by atoms with van der Waals surface area (Å²) in [5.41, 5.74) is 6.47. The number of pyridine rings is 1. The molecule has 8 heteroatoms. The van der Waals surface area contributed by atoms with Crippen LogP contribution in [0.25, 0.3) is 11.1 Å². The molecule has 2 aromatic carbocycles. The number of amides is 1. The average Bonchev–Trinajstić information content (AvgIpc) is 3.01. The first kappa shape index (κ1) is 33.8. The maximum absolute atomic E-state index is 13.5. The van der Waals surface area contributed by atoms with Gasteiger partial charge in [0.2, 0.25) is 0 Å². The van der Waals surface area contributed by atoms with E-state index in [1.54, 1.807) is 11.8 Å². The summed E-state index contributed by atoms with van der Waals surface area (Å²) >= 11 is 1.56. The van der Waals surface area contributed by atoms with E-state index < -0.39 is 18.1 Å². The molecule has 0 radical (unpaired) electrons. The van der Waals surface area contributed by atoms with Gasteiger partial charge in [-0.25, -0.2) is 4.79 Å². The molecule has 45 heavy (non-hydrogen) atoms. The van der Waals surface area contributed by atoms with Gasteiger partial charge in [-0.15, -0.1) is 0 Å². The van der Waals surface area contributed by atoms with Crippen molar-refractivity contribution in [3.8, 4) is 11.1 Å².